The molecule has 0 radical (unpaired) electrons. The lowest BCUT2D eigenvalue weighted by atomic mass is 10.1. The second kappa shape index (κ2) is 6.43. The first-order valence-electron chi connectivity index (χ1n) is 6.65. The first kappa shape index (κ1) is 13.7. The minimum absolute atomic E-state index is 0.807. The van der Waals surface area contributed by atoms with Gasteiger partial charge < -0.3 is 4.57 Å². The van der Waals surface area contributed by atoms with Crippen LogP contribution in [0.1, 0.15) is 30.3 Å². The topological polar surface area (TPSA) is 46.8 Å². The second-order valence-corrected chi connectivity index (χ2v) is 4.92. The molecule has 2 heterocycles. The quantitative estimate of drug-likeness (QED) is 0.796. The molecule has 2 rings (SSSR count). The van der Waals surface area contributed by atoms with Gasteiger partial charge in [0, 0.05) is 25.5 Å². The molecule has 0 amide bonds. The average molecular weight is 259 g/mol. The van der Waals surface area contributed by atoms with Gasteiger partial charge in [-0.15, -0.1) is 10.2 Å². The van der Waals surface area contributed by atoms with Crippen LogP contribution in [-0.2, 0) is 19.6 Å². The van der Waals surface area contributed by atoms with Crippen LogP contribution in [0, 0.1) is 6.92 Å². The van der Waals surface area contributed by atoms with E-state index in [-0.39, 0.29) is 0 Å². The van der Waals surface area contributed by atoms with Crippen molar-refractivity contribution in [1.29, 1.82) is 0 Å². The van der Waals surface area contributed by atoms with Gasteiger partial charge in [0.1, 0.15) is 12.2 Å². The van der Waals surface area contributed by atoms with E-state index in [9.17, 15) is 0 Å². The molecule has 0 spiro atoms. The van der Waals surface area contributed by atoms with Gasteiger partial charge >= 0.3 is 0 Å². The van der Waals surface area contributed by atoms with Crippen LogP contribution in [-0.4, -0.2) is 31.7 Å². The highest BCUT2D eigenvalue weighted by Gasteiger charge is 2.08. The molecule has 0 aliphatic rings. The molecule has 5 nitrogen and oxygen atoms in total. The largest absolute Gasteiger partial charge is 0.317 e. The van der Waals surface area contributed by atoms with Crippen molar-refractivity contribution in [2.75, 3.05) is 7.05 Å². The molecule has 0 saturated heterocycles. The molecule has 0 bridgehead atoms. The van der Waals surface area contributed by atoms with Crippen molar-refractivity contribution >= 4 is 0 Å². The smallest absolute Gasteiger partial charge is 0.147 e. The fourth-order valence-corrected chi connectivity index (χ4v) is 2.10. The number of hydrogen-bond donors (Lipinski definition) is 0. The molecule has 0 saturated carbocycles. The first-order valence-corrected chi connectivity index (χ1v) is 6.65. The Morgan fingerprint density at radius 1 is 1.32 bits per heavy atom. The van der Waals surface area contributed by atoms with E-state index in [0.717, 1.165) is 31.9 Å². The lowest BCUT2D eigenvalue weighted by Crippen LogP contribution is -2.20. The van der Waals surface area contributed by atoms with Crippen LogP contribution in [0.5, 0.6) is 0 Å². The Kier molecular flexibility index (Phi) is 4.63. The third-order valence-corrected chi connectivity index (χ3v) is 3.15. The third kappa shape index (κ3) is 3.61. The van der Waals surface area contributed by atoms with Crippen LogP contribution < -0.4 is 0 Å². The molecular weight excluding hydrogens is 238 g/mol. The maximum Gasteiger partial charge on any atom is 0.147 e. The van der Waals surface area contributed by atoms with E-state index in [1.165, 1.54) is 11.1 Å². The van der Waals surface area contributed by atoms with E-state index in [4.69, 9.17) is 0 Å². The lowest BCUT2D eigenvalue weighted by molar-refractivity contribution is 0.303. The summed E-state index contributed by atoms with van der Waals surface area (Å²) in [7, 11) is 2.10. The molecule has 19 heavy (non-hydrogen) atoms. The predicted octanol–water partition coefficient (Wildman–Crippen LogP) is 2.02. The zero-order valence-electron chi connectivity index (χ0n) is 11.9. The van der Waals surface area contributed by atoms with E-state index in [0.29, 0.717) is 0 Å². The zero-order chi connectivity index (χ0) is 13.7. The Morgan fingerprint density at radius 3 is 2.89 bits per heavy atom. The normalized spacial score (nSPS) is 11.2. The van der Waals surface area contributed by atoms with Gasteiger partial charge in [-0.3, -0.25) is 9.88 Å². The van der Waals surface area contributed by atoms with Crippen LogP contribution in [0.4, 0.5) is 0 Å². The van der Waals surface area contributed by atoms with Crippen molar-refractivity contribution in [2.24, 2.45) is 0 Å². The van der Waals surface area contributed by atoms with Gasteiger partial charge in [0.15, 0.2) is 0 Å². The number of aryl methyl sites for hydroxylation is 2. The lowest BCUT2D eigenvalue weighted by Gasteiger charge is -2.17. The summed E-state index contributed by atoms with van der Waals surface area (Å²) in [5.41, 5.74) is 2.53. The molecule has 0 fully saturated rings. The highest BCUT2D eigenvalue weighted by molar-refractivity contribution is 5.21. The Hall–Kier alpha value is -1.75. The molecule has 0 aliphatic heterocycles. The molecule has 0 unspecified atom stereocenters. The Morgan fingerprint density at radius 2 is 2.16 bits per heavy atom. The second-order valence-electron chi connectivity index (χ2n) is 4.92. The Labute approximate surface area is 114 Å². The van der Waals surface area contributed by atoms with E-state index in [1.54, 1.807) is 0 Å². The number of pyridine rings is 1. The summed E-state index contributed by atoms with van der Waals surface area (Å²) in [5, 5.41) is 8.19. The molecule has 0 atom stereocenters. The van der Waals surface area contributed by atoms with Crippen LogP contribution in [0.15, 0.2) is 24.8 Å². The highest BCUT2D eigenvalue weighted by atomic mass is 15.3. The minimum Gasteiger partial charge on any atom is -0.317 e. The molecule has 0 N–H and O–H groups in total. The third-order valence-electron chi connectivity index (χ3n) is 3.15. The van der Waals surface area contributed by atoms with Gasteiger partial charge in [0.2, 0.25) is 0 Å². The van der Waals surface area contributed by atoms with Crippen LogP contribution in [0.3, 0.4) is 0 Å². The van der Waals surface area contributed by atoms with Gasteiger partial charge in [0.05, 0.1) is 6.54 Å². The monoisotopic (exact) mass is 259 g/mol. The van der Waals surface area contributed by atoms with E-state index in [2.05, 4.69) is 51.6 Å². The van der Waals surface area contributed by atoms with Crippen molar-refractivity contribution in [3.63, 3.8) is 0 Å². The summed E-state index contributed by atoms with van der Waals surface area (Å²) in [5.74, 6) is 1.02. The van der Waals surface area contributed by atoms with E-state index >= 15 is 0 Å². The summed E-state index contributed by atoms with van der Waals surface area (Å²) >= 11 is 0. The average Bonchev–Trinajstić information content (AvgIpc) is 2.80. The molecule has 2 aromatic heterocycles. The standard InChI is InChI=1S/C14H21N5/c1-4-7-19-11-16-17-14(19)10-18(3)9-13-5-6-15-8-12(13)2/h5-6,8,11H,4,7,9-10H2,1-3H3. The minimum atomic E-state index is 0.807. The van der Waals surface area contributed by atoms with Gasteiger partial charge in [-0.25, -0.2) is 0 Å². The van der Waals surface area contributed by atoms with Gasteiger partial charge in [0.25, 0.3) is 0 Å². The fraction of sp³-hybridized carbons (Fsp3) is 0.500. The Balaban J connectivity index is 1.99. The Bertz CT molecular complexity index is 520. The first-order chi connectivity index (χ1) is 9.20. The molecule has 102 valence electrons. The highest BCUT2D eigenvalue weighted by Crippen LogP contribution is 2.10. The predicted molar refractivity (Wildman–Crippen MR) is 74.5 cm³/mol. The van der Waals surface area contributed by atoms with Crippen molar-refractivity contribution in [3.05, 3.63) is 41.7 Å². The molecule has 2 aromatic rings. The summed E-state index contributed by atoms with van der Waals surface area (Å²) in [6, 6.07) is 2.07. The van der Waals surface area contributed by atoms with Crippen LogP contribution in [0.2, 0.25) is 0 Å². The van der Waals surface area contributed by atoms with Gasteiger partial charge in [-0.05, 0) is 37.6 Å². The number of hydrogen-bond acceptors (Lipinski definition) is 4. The maximum absolute atomic E-state index is 4.20. The maximum atomic E-state index is 4.20. The van der Waals surface area contributed by atoms with Crippen molar-refractivity contribution in [1.82, 2.24) is 24.6 Å². The fourth-order valence-electron chi connectivity index (χ4n) is 2.10. The summed E-state index contributed by atoms with van der Waals surface area (Å²) in [4.78, 5) is 6.37. The van der Waals surface area contributed by atoms with Crippen molar-refractivity contribution in [3.8, 4) is 0 Å². The number of rotatable bonds is 6. The number of nitrogens with zero attached hydrogens (tertiary/aromatic N) is 5. The van der Waals surface area contributed by atoms with E-state index < -0.39 is 0 Å². The number of aromatic nitrogens is 4. The van der Waals surface area contributed by atoms with Crippen molar-refractivity contribution in [2.45, 2.75) is 39.9 Å². The van der Waals surface area contributed by atoms with Crippen LogP contribution >= 0.6 is 0 Å². The summed E-state index contributed by atoms with van der Waals surface area (Å²) < 4.78 is 2.12. The SMILES string of the molecule is CCCn1cnnc1CN(C)Cc1ccncc1C. The molecule has 0 aliphatic carbocycles. The molecular formula is C14H21N5. The van der Waals surface area contributed by atoms with Crippen LogP contribution in [0.25, 0.3) is 0 Å². The summed E-state index contributed by atoms with van der Waals surface area (Å²) in [6.45, 7) is 6.93. The summed E-state index contributed by atoms with van der Waals surface area (Å²) in [6.07, 6.45) is 6.65. The molecule has 0 aromatic carbocycles. The van der Waals surface area contributed by atoms with Gasteiger partial charge in [-0.1, -0.05) is 6.92 Å². The van der Waals surface area contributed by atoms with E-state index in [1.807, 2.05) is 18.7 Å². The zero-order valence-corrected chi connectivity index (χ0v) is 11.9. The van der Waals surface area contributed by atoms with Gasteiger partial charge in [-0.2, -0.15) is 0 Å². The van der Waals surface area contributed by atoms with Crippen molar-refractivity contribution < 1.29 is 0 Å². The molecule has 5 heteroatoms.